The highest BCUT2D eigenvalue weighted by molar-refractivity contribution is 7.17. The Morgan fingerprint density at radius 1 is 1.44 bits per heavy atom. The fourth-order valence-corrected chi connectivity index (χ4v) is 2.84. The molecular formula is C13H14N2S. The Labute approximate surface area is 99.4 Å². The predicted octanol–water partition coefficient (Wildman–Crippen LogP) is 2.82. The van der Waals surface area contributed by atoms with Crippen LogP contribution in [0.1, 0.15) is 24.4 Å². The lowest BCUT2D eigenvalue weighted by molar-refractivity contribution is 0.528. The molecule has 0 radical (unpaired) electrons. The number of fused-ring (bicyclic) bond motifs is 1. The maximum atomic E-state index is 5.58. The van der Waals surface area contributed by atoms with Crippen LogP contribution in [0.5, 0.6) is 0 Å². The normalized spacial score (nSPS) is 12.5. The third kappa shape index (κ3) is 2.10. The van der Waals surface area contributed by atoms with Crippen molar-refractivity contribution in [1.82, 2.24) is 5.43 Å². The third-order valence-electron chi connectivity index (χ3n) is 2.66. The Balaban J connectivity index is 2.34. The van der Waals surface area contributed by atoms with Gasteiger partial charge in [0.1, 0.15) is 0 Å². The number of terminal acetylenes is 1. The number of nitrogens with one attached hydrogen (secondary N) is 1. The third-order valence-corrected chi connectivity index (χ3v) is 3.65. The van der Waals surface area contributed by atoms with Crippen LogP contribution in [0.4, 0.5) is 0 Å². The molecule has 3 heteroatoms. The average molecular weight is 230 g/mol. The molecule has 0 aliphatic heterocycles. The van der Waals surface area contributed by atoms with E-state index in [0.29, 0.717) is 0 Å². The summed E-state index contributed by atoms with van der Waals surface area (Å²) in [7, 11) is 0. The van der Waals surface area contributed by atoms with Gasteiger partial charge in [0, 0.05) is 17.2 Å². The maximum absolute atomic E-state index is 5.58. The van der Waals surface area contributed by atoms with Crippen molar-refractivity contribution < 1.29 is 0 Å². The molecular weight excluding hydrogens is 216 g/mol. The zero-order chi connectivity index (χ0) is 11.4. The van der Waals surface area contributed by atoms with Crippen molar-refractivity contribution in [2.45, 2.75) is 18.9 Å². The molecule has 1 aromatic heterocycles. The van der Waals surface area contributed by atoms with Crippen LogP contribution in [0.2, 0.25) is 0 Å². The number of hydrogen-bond donors (Lipinski definition) is 2. The Bertz CT molecular complexity index is 510. The van der Waals surface area contributed by atoms with Gasteiger partial charge < -0.3 is 0 Å². The lowest BCUT2D eigenvalue weighted by Crippen LogP contribution is -2.27. The van der Waals surface area contributed by atoms with Gasteiger partial charge in [0.25, 0.3) is 0 Å². The van der Waals surface area contributed by atoms with Gasteiger partial charge >= 0.3 is 0 Å². The first-order chi connectivity index (χ1) is 7.86. The van der Waals surface area contributed by atoms with E-state index in [9.17, 15) is 0 Å². The topological polar surface area (TPSA) is 38.0 Å². The Morgan fingerprint density at radius 3 is 3.00 bits per heavy atom. The summed E-state index contributed by atoms with van der Waals surface area (Å²) in [6.07, 6.45) is 6.89. The largest absolute Gasteiger partial charge is 0.271 e. The highest BCUT2D eigenvalue weighted by Gasteiger charge is 2.13. The molecule has 0 saturated carbocycles. The molecule has 0 fully saturated rings. The number of hydrogen-bond acceptors (Lipinski definition) is 3. The minimum atomic E-state index is 0.146. The summed E-state index contributed by atoms with van der Waals surface area (Å²) >= 11 is 1.74. The molecule has 2 nitrogen and oxygen atoms in total. The summed E-state index contributed by atoms with van der Waals surface area (Å²) < 4.78 is 1.29. The van der Waals surface area contributed by atoms with E-state index in [0.717, 1.165) is 12.8 Å². The molecule has 2 rings (SSSR count). The van der Waals surface area contributed by atoms with Crippen molar-refractivity contribution >= 4 is 21.4 Å². The zero-order valence-electron chi connectivity index (χ0n) is 8.94. The maximum Gasteiger partial charge on any atom is 0.0483 e. The van der Waals surface area contributed by atoms with Crippen LogP contribution in [-0.2, 0) is 0 Å². The van der Waals surface area contributed by atoms with Crippen molar-refractivity contribution in [3.05, 3.63) is 35.2 Å². The summed E-state index contributed by atoms with van der Waals surface area (Å²) in [6, 6.07) is 8.49. The van der Waals surface area contributed by atoms with E-state index in [2.05, 4.69) is 34.9 Å². The number of benzene rings is 1. The highest BCUT2D eigenvalue weighted by Crippen LogP contribution is 2.31. The van der Waals surface area contributed by atoms with Crippen LogP contribution in [0.15, 0.2) is 29.6 Å². The van der Waals surface area contributed by atoms with E-state index < -0.39 is 0 Å². The molecule has 2 aromatic rings. The summed E-state index contributed by atoms with van der Waals surface area (Å²) in [5, 5.41) is 3.43. The Hall–Kier alpha value is -1.34. The van der Waals surface area contributed by atoms with Crippen molar-refractivity contribution in [3.63, 3.8) is 0 Å². The minimum Gasteiger partial charge on any atom is -0.271 e. The molecule has 16 heavy (non-hydrogen) atoms. The summed E-state index contributed by atoms with van der Waals surface area (Å²) in [6.45, 7) is 0. The quantitative estimate of drug-likeness (QED) is 0.481. The molecule has 1 atom stereocenters. The van der Waals surface area contributed by atoms with Crippen LogP contribution in [-0.4, -0.2) is 0 Å². The van der Waals surface area contributed by atoms with Crippen molar-refractivity contribution in [1.29, 1.82) is 0 Å². The smallest absolute Gasteiger partial charge is 0.0483 e. The molecule has 0 bridgehead atoms. The number of hydrazine groups is 1. The SMILES string of the molecule is C#CCCC(NN)c1csc2ccccc12. The Morgan fingerprint density at radius 2 is 2.25 bits per heavy atom. The lowest BCUT2D eigenvalue weighted by atomic mass is 10.0. The van der Waals surface area contributed by atoms with Crippen LogP contribution in [0.3, 0.4) is 0 Å². The number of rotatable bonds is 4. The fraction of sp³-hybridized carbons (Fsp3) is 0.231. The monoisotopic (exact) mass is 230 g/mol. The van der Waals surface area contributed by atoms with Gasteiger partial charge in [0.05, 0.1) is 0 Å². The number of thiophene rings is 1. The van der Waals surface area contributed by atoms with E-state index in [1.54, 1.807) is 11.3 Å². The molecule has 0 saturated heterocycles. The first kappa shape index (κ1) is 11.2. The second kappa shape index (κ2) is 5.13. The molecule has 0 aliphatic rings. The molecule has 0 spiro atoms. The Kier molecular flexibility index (Phi) is 3.58. The van der Waals surface area contributed by atoms with Crippen molar-refractivity contribution in [3.8, 4) is 12.3 Å². The van der Waals surface area contributed by atoms with Gasteiger partial charge in [-0.2, -0.15) is 0 Å². The lowest BCUT2D eigenvalue weighted by Gasteiger charge is -2.13. The van der Waals surface area contributed by atoms with Crippen molar-refractivity contribution in [2.75, 3.05) is 0 Å². The van der Waals surface area contributed by atoms with E-state index in [1.807, 2.05) is 6.07 Å². The highest BCUT2D eigenvalue weighted by atomic mass is 32.1. The summed E-state index contributed by atoms with van der Waals surface area (Å²) in [5.74, 6) is 8.23. The second-order valence-corrected chi connectivity index (χ2v) is 4.56. The first-order valence-electron chi connectivity index (χ1n) is 5.22. The van der Waals surface area contributed by atoms with Gasteiger partial charge in [-0.3, -0.25) is 11.3 Å². The molecule has 82 valence electrons. The molecule has 0 aliphatic carbocycles. The van der Waals surface area contributed by atoms with Gasteiger partial charge in [-0.1, -0.05) is 18.2 Å². The summed E-state index contributed by atoms with van der Waals surface area (Å²) in [5.41, 5.74) is 4.09. The molecule has 3 N–H and O–H groups in total. The van der Waals surface area contributed by atoms with Gasteiger partial charge in [-0.25, -0.2) is 0 Å². The molecule has 1 heterocycles. The van der Waals surface area contributed by atoms with E-state index >= 15 is 0 Å². The van der Waals surface area contributed by atoms with Gasteiger partial charge in [-0.15, -0.1) is 23.7 Å². The second-order valence-electron chi connectivity index (χ2n) is 3.65. The average Bonchev–Trinajstić information content (AvgIpc) is 2.75. The molecule has 0 amide bonds. The summed E-state index contributed by atoms with van der Waals surface area (Å²) in [4.78, 5) is 0. The zero-order valence-corrected chi connectivity index (χ0v) is 9.76. The number of nitrogens with two attached hydrogens (primary N) is 1. The minimum absolute atomic E-state index is 0.146. The van der Waals surface area contributed by atoms with Crippen LogP contribution < -0.4 is 11.3 Å². The van der Waals surface area contributed by atoms with Crippen LogP contribution in [0, 0.1) is 12.3 Å². The van der Waals surface area contributed by atoms with Crippen molar-refractivity contribution in [2.24, 2.45) is 5.84 Å². The van der Waals surface area contributed by atoms with Gasteiger partial charge in [0.2, 0.25) is 0 Å². The standard InChI is InChI=1S/C13H14N2S/c1-2-3-7-12(15-14)11-9-16-13-8-5-4-6-10(11)13/h1,4-6,8-9,12,15H,3,7,14H2. The van der Waals surface area contributed by atoms with Gasteiger partial charge in [0.15, 0.2) is 0 Å². The molecule has 1 unspecified atom stereocenters. The predicted molar refractivity (Wildman–Crippen MR) is 70.0 cm³/mol. The van der Waals surface area contributed by atoms with Gasteiger partial charge in [-0.05, 0) is 28.8 Å². The van der Waals surface area contributed by atoms with Crippen LogP contribution in [0.25, 0.3) is 10.1 Å². The van der Waals surface area contributed by atoms with E-state index in [-0.39, 0.29) is 6.04 Å². The van der Waals surface area contributed by atoms with E-state index in [4.69, 9.17) is 12.3 Å². The van der Waals surface area contributed by atoms with Crippen LogP contribution >= 0.6 is 11.3 Å². The fourth-order valence-electron chi connectivity index (χ4n) is 1.82. The molecule has 1 aromatic carbocycles. The van der Waals surface area contributed by atoms with E-state index in [1.165, 1.54) is 15.6 Å². The first-order valence-corrected chi connectivity index (χ1v) is 6.10.